The predicted octanol–water partition coefficient (Wildman–Crippen LogP) is 2.54. The van der Waals surface area contributed by atoms with Crippen LogP contribution in [0.25, 0.3) is 10.8 Å². The molecule has 4 rings (SSSR count). The largest absolute Gasteiger partial charge is 0.497 e. The Balaban J connectivity index is 1.87. The average molecular weight is 463 g/mol. The Bertz CT molecular complexity index is 1320. The van der Waals surface area contributed by atoms with Gasteiger partial charge in [-0.1, -0.05) is 12.1 Å². The molecule has 34 heavy (non-hydrogen) atoms. The first kappa shape index (κ1) is 22.5. The minimum atomic E-state index is -1.56. The first-order valence-corrected chi connectivity index (χ1v) is 9.95. The summed E-state index contributed by atoms with van der Waals surface area (Å²) in [4.78, 5) is 62.9. The van der Waals surface area contributed by atoms with E-state index in [0.29, 0.717) is 16.2 Å². The third-order valence-corrected chi connectivity index (χ3v) is 5.70. The van der Waals surface area contributed by atoms with Crippen LogP contribution in [0.4, 0.5) is 0 Å². The number of carbonyl (C=O) groups excluding carboxylic acids is 2. The van der Waals surface area contributed by atoms with Gasteiger partial charge in [-0.15, -0.1) is 0 Å². The zero-order valence-corrected chi connectivity index (χ0v) is 17.6. The fourth-order valence-electron chi connectivity index (χ4n) is 4.12. The highest BCUT2D eigenvalue weighted by Crippen LogP contribution is 2.36. The van der Waals surface area contributed by atoms with Crippen molar-refractivity contribution < 1.29 is 44.0 Å². The maximum atomic E-state index is 13.3. The Kier molecular flexibility index (Phi) is 5.50. The van der Waals surface area contributed by atoms with Crippen molar-refractivity contribution in [2.24, 2.45) is 0 Å². The number of aliphatic carboxylic acids is 1. The quantitative estimate of drug-likeness (QED) is 0.448. The maximum absolute atomic E-state index is 13.3. The predicted molar refractivity (Wildman–Crippen MR) is 116 cm³/mol. The lowest BCUT2D eigenvalue weighted by Crippen LogP contribution is -2.51. The number of carbonyl (C=O) groups is 5. The molecule has 0 saturated carbocycles. The first-order valence-electron chi connectivity index (χ1n) is 9.95. The van der Waals surface area contributed by atoms with Gasteiger partial charge in [0.05, 0.1) is 18.2 Å². The standard InChI is InChI=1S/C24H17NO9/c1-34-12-4-2-11(3-5-12)10-17(24(32)33)25-20(26)13-6-8-15(22(28)29)19-16(23(30)31)9-7-14(18(13)19)21(25)27/h2-9,17H,10H2,1H3,(H,28,29)(H,30,31)(H,32,33)/t17-/m0/s1. The molecule has 10 heteroatoms. The number of nitrogens with zero attached hydrogens (tertiary/aromatic N) is 1. The molecule has 0 bridgehead atoms. The molecule has 0 aromatic heterocycles. The van der Waals surface area contributed by atoms with E-state index in [4.69, 9.17) is 4.74 Å². The number of amides is 2. The number of ether oxygens (including phenoxy) is 1. The van der Waals surface area contributed by atoms with Crippen LogP contribution < -0.4 is 4.74 Å². The molecule has 0 unspecified atom stereocenters. The summed E-state index contributed by atoms with van der Waals surface area (Å²) in [5, 5.41) is 28.6. The summed E-state index contributed by atoms with van der Waals surface area (Å²) in [5.74, 6) is -5.65. The molecule has 1 aliphatic heterocycles. The summed E-state index contributed by atoms with van der Waals surface area (Å²) in [7, 11) is 1.48. The van der Waals surface area contributed by atoms with Crippen LogP contribution in [0.1, 0.15) is 47.0 Å². The van der Waals surface area contributed by atoms with E-state index in [1.54, 1.807) is 24.3 Å². The zero-order valence-electron chi connectivity index (χ0n) is 17.6. The molecular weight excluding hydrogens is 446 g/mol. The van der Waals surface area contributed by atoms with E-state index in [1.165, 1.54) is 7.11 Å². The number of carboxylic acids is 3. The fraction of sp³-hybridized carbons (Fsp3) is 0.125. The second-order valence-electron chi connectivity index (χ2n) is 7.57. The molecule has 0 spiro atoms. The van der Waals surface area contributed by atoms with Crippen molar-refractivity contribution in [2.75, 3.05) is 7.11 Å². The maximum Gasteiger partial charge on any atom is 0.336 e. The van der Waals surface area contributed by atoms with Crippen molar-refractivity contribution >= 4 is 40.5 Å². The molecule has 2 amide bonds. The van der Waals surface area contributed by atoms with E-state index in [2.05, 4.69) is 0 Å². The van der Waals surface area contributed by atoms with E-state index < -0.39 is 35.8 Å². The summed E-state index contributed by atoms with van der Waals surface area (Å²) in [6.45, 7) is 0. The Morgan fingerprint density at radius 1 is 0.794 bits per heavy atom. The molecule has 1 heterocycles. The molecular formula is C24H17NO9. The van der Waals surface area contributed by atoms with Gasteiger partial charge in [0.25, 0.3) is 11.8 Å². The van der Waals surface area contributed by atoms with E-state index in [1.807, 2.05) is 0 Å². The highest BCUT2D eigenvalue weighted by Gasteiger charge is 2.41. The van der Waals surface area contributed by atoms with E-state index >= 15 is 0 Å². The lowest BCUT2D eigenvalue weighted by Gasteiger charge is -2.32. The number of benzene rings is 3. The molecule has 0 aliphatic carbocycles. The van der Waals surface area contributed by atoms with Crippen LogP contribution in [-0.2, 0) is 11.2 Å². The molecule has 1 aliphatic rings. The molecule has 10 nitrogen and oxygen atoms in total. The number of methoxy groups -OCH3 is 1. The van der Waals surface area contributed by atoms with Crippen LogP contribution >= 0.6 is 0 Å². The second-order valence-corrected chi connectivity index (χ2v) is 7.57. The Morgan fingerprint density at radius 3 is 1.71 bits per heavy atom. The third kappa shape index (κ3) is 3.51. The van der Waals surface area contributed by atoms with Crippen LogP contribution in [0, 0.1) is 0 Å². The smallest absolute Gasteiger partial charge is 0.336 e. The highest BCUT2D eigenvalue weighted by molar-refractivity contribution is 6.30. The van der Waals surface area contributed by atoms with Crippen molar-refractivity contribution in [3.8, 4) is 5.75 Å². The molecule has 0 saturated heterocycles. The average Bonchev–Trinajstić information content (AvgIpc) is 2.81. The monoisotopic (exact) mass is 463 g/mol. The van der Waals surface area contributed by atoms with Gasteiger partial charge in [0.15, 0.2) is 0 Å². The van der Waals surface area contributed by atoms with Crippen LogP contribution in [-0.4, -0.2) is 63.1 Å². The fourth-order valence-corrected chi connectivity index (χ4v) is 4.12. The SMILES string of the molecule is COc1ccc(C[C@@H](C(=O)O)N2C(=O)c3ccc(C(=O)O)c4c(C(=O)O)ccc(c34)C2=O)cc1. The van der Waals surface area contributed by atoms with E-state index in [9.17, 15) is 39.3 Å². The Morgan fingerprint density at radius 2 is 1.29 bits per heavy atom. The number of imide groups is 1. The highest BCUT2D eigenvalue weighted by atomic mass is 16.5. The number of carboxylic acid groups (broad SMARTS) is 3. The summed E-state index contributed by atoms with van der Waals surface area (Å²) in [5.41, 5.74) is -0.551. The summed E-state index contributed by atoms with van der Waals surface area (Å²) < 4.78 is 5.08. The number of aromatic carboxylic acids is 2. The van der Waals surface area contributed by atoms with Gasteiger partial charge in [-0.3, -0.25) is 14.5 Å². The van der Waals surface area contributed by atoms with Gasteiger partial charge in [-0.2, -0.15) is 0 Å². The normalized spacial score (nSPS) is 13.6. The number of hydrogen-bond acceptors (Lipinski definition) is 6. The van der Waals surface area contributed by atoms with Crippen LogP contribution in [0.5, 0.6) is 5.75 Å². The van der Waals surface area contributed by atoms with Crippen LogP contribution in [0.3, 0.4) is 0 Å². The van der Waals surface area contributed by atoms with Gasteiger partial charge in [0.1, 0.15) is 11.8 Å². The summed E-state index contributed by atoms with van der Waals surface area (Å²) in [6, 6.07) is 9.36. The number of hydrogen-bond donors (Lipinski definition) is 3. The summed E-state index contributed by atoms with van der Waals surface area (Å²) in [6.07, 6.45) is -0.185. The van der Waals surface area contributed by atoms with Crippen molar-refractivity contribution in [3.05, 3.63) is 76.3 Å². The second kappa shape index (κ2) is 8.32. The van der Waals surface area contributed by atoms with E-state index in [-0.39, 0.29) is 39.4 Å². The lowest BCUT2D eigenvalue weighted by atomic mass is 9.87. The van der Waals surface area contributed by atoms with Gasteiger partial charge in [0, 0.05) is 28.3 Å². The van der Waals surface area contributed by atoms with Gasteiger partial charge in [-0.25, -0.2) is 14.4 Å². The minimum Gasteiger partial charge on any atom is -0.497 e. The Labute approximate surface area is 191 Å². The van der Waals surface area contributed by atoms with Crippen LogP contribution in [0.2, 0.25) is 0 Å². The Hall–Kier alpha value is -4.73. The van der Waals surface area contributed by atoms with Gasteiger partial charge in [-0.05, 0) is 42.0 Å². The van der Waals surface area contributed by atoms with Gasteiger partial charge < -0.3 is 20.1 Å². The van der Waals surface area contributed by atoms with Crippen molar-refractivity contribution in [2.45, 2.75) is 12.5 Å². The van der Waals surface area contributed by atoms with Crippen molar-refractivity contribution in [3.63, 3.8) is 0 Å². The molecule has 172 valence electrons. The van der Waals surface area contributed by atoms with Crippen LogP contribution in [0.15, 0.2) is 48.5 Å². The molecule has 3 aromatic carbocycles. The molecule has 3 aromatic rings. The summed E-state index contributed by atoms with van der Waals surface area (Å²) >= 11 is 0. The first-order chi connectivity index (χ1) is 16.1. The zero-order chi connectivity index (χ0) is 24.7. The molecule has 1 atom stereocenters. The van der Waals surface area contributed by atoms with E-state index in [0.717, 1.165) is 24.3 Å². The van der Waals surface area contributed by atoms with Crippen molar-refractivity contribution in [1.82, 2.24) is 4.90 Å². The van der Waals surface area contributed by atoms with Gasteiger partial charge >= 0.3 is 17.9 Å². The third-order valence-electron chi connectivity index (χ3n) is 5.70. The topological polar surface area (TPSA) is 159 Å². The number of rotatable bonds is 7. The van der Waals surface area contributed by atoms with Crippen molar-refractivity contribution in [1.29, 1.82) is 0 Å². The molecule has 3 N–H and O–H groups in total. The molecule has 0 radical (unpaired) electrons. The molecule has 0 fully saturated rings. The van der Waals surface area contributed by atoms with Gasteiger partial charge in [0.2, 0.25) is 0 Å². The minimum absolute atomic E-state index is 0.125. The lowest BCUT2D eigenvalue weighted by molar-refractivity contribution is -0.141.